The standard InChI is InChI=1S/C13H14ClN3O4/c14-9-5-7(12(19)20)1-4-10(9)17-13(21)15-6-11(18)16-8-2-3-8/h1,4-5,8H,2-3,6H2,(H,16,18)(H,19,20)(H2,15,17,21). The quantitative estimate of drug-likeness (QED) is 0.660. The molecule has 1 aliphatic rings. The summed E-state index contributed by atoms with van der Waals surface area (Å²) in [5.41, 5.74) is 0.288. The second-order valence-corrected chi connectivity index (χ2v) is 5.06. The normalized spacial score (nSPS) is 13.4. The molecule has 3 amide bonds. The van der Waals surface area contributed by atoms with Crippen LogP contribution in [-0.2, 0) is 4.79 Å². The van der Waals surface area contributed by atoms with Gasteiger partial charge in [0.1, 0.15) is 0 Å². The van der Waals surface area contributed by atoms with Crippen molar-refractivity contribution in [2.75, 3.05) is 11.9 Å². The first-order valence-electron chi connectivity index (χ1n) is 6.33. The minimum absolute atomic E-state index is 0.0229. The average Bonchev–Trinajstić information content (AvgIpc) is 3.22. The molecule has 1 aliphatic carbocycles. The summed E-state index contributed by atoms with van der Waals surface area (Å²) in [6, 6.07) is 3.59. The van der Waals surface area contributed by atoms with Crippen molar-refractivity contribution in [1.29, 1.82) is 0 Å². The summed E-state index contributed by atoms with van der Waals surface area (Å²) in [5, 5.41) is 16.5. The smallest absolute Gasteiger partial charge is 0.335 e. The number of anilines is 1. The van der Waals surface area contributed by atoms with E-state index in [-0.39, 0.29) is 34.8 Å². The molecule has 1 aromatic carbocycles. The molecular formula is C13H14ClN3O4. The molecule has 0 aliphatic heterocycles. The van der Waals surface area contributed by atoms with E-state index in [1.165, 1.54) is 18.2 Å². The molecule has 0 saturated heterocycles. The summed E-state index contributed by atoms with van der Waals surface area (Å²) < 4.78 is 0. The molecule has 21 heavy (non-hydrogen) atoms. The first-order valence-corrected chi connectivity index (χ1v) is 6.70. The van der Waals surface area contributed by atoms with Gasteiger partial charge in [0.2, 0.25) is 5.91 Å². The lowest BCUT2D eigenvalue weighted by molar-refractivity contribution is -0.120. The van der Waals surface area contributed by atoms with Crippen molar-refractivity contribution in [2.45, 2.75) is 18.9 Å². The molecule has 0 aromatic heterocycles. The van der Waals surface area contributed by atoms with E-state index in [2.05, 4.69) is 16.0 Å². The molecule has 0 heterocycles. The highest BCUT2D eigenvalue weighted by Crippen LogP contribution is 2.23. The molecule has 0 atom stereocenters. The van der Waals surface area contributed by atoms with Crippen LogP contribution in [0, 0.1) is 0 Å². The molecule has 7 nitrogen and oxygen atoms in total. The number of amides is 3. The van der Waals surface area contributed by atoms with Crippen molar-refractivity contribution in [3.8, 4) is 0 Å². The van der Waals surface area contributed by atoms with Crippen molar-refractivity contribution < 1.29 is 19.5 Å². The van der Waals surface area contributed by atoms with Crippen LogP contribution < -0.4 is 16.0 Å². The fourth-order valence-corrected chi connectivity index (χ4v) is 1.81. The van der Waals surface area contributed by atoms with Crippen molar-refractivity contribution in [3.05, 3.63) is 28.8 Å². The van der Waals surface area contributed by atoms with Gasteiger partial charge in [-0.05, 0) is 31.0 Å². The Morgan fingerprint density at radius 2 is 2.00 bits per heavy atom. The maximum absolute atomic E-state index is 11.6. The molecule has 112 valence electrons. The van der Waals surface area contributed by atoms with Gasteiger partial charge in [-0.2, -0.15) is 0 Å². The summed E-state index contributed by atoms with van der Waals surface area (Å²) in [7, 11) is 0. The van der Waals surface area contributed by atoms with Crippen molar-refractivity contribution in [1.82, 2.24) is 10.6 Å². The molecule has 4 N–H and O–H groups in total. The average molecular weight is 312 g/mol. The molecular weight excluding hydrogens is 298 g/mol. The fraction of sp³-hybridized carbons (Fsp3) is 0.308. The van der Waals surface area contributed by atoms with Crippen LogP contribution in [0.4, 0.5) is 10.5 Å². The number of carboxylic acid groups (broad SMARTS) is 1. The Balaban J connectivity index is 1.84. The Morgan fingerprint density at radius 3 is 2.57 bits per heavy atom. The van der Waals surface area contributed by atoms with Crippen LogP contribution in [0.1, 0.15) is 23.2 Å². The van der Waals surface area contributed by atoms with E-state index in [9.17, 15) is 14.4 Å². The maximum atomic E-state index is 11.6. The number of carbonyl (C=O) groups excluding carboxylic acids is 2. The fourth-order valence-electron chi connectivity index (χ4n) is 1.58. The number of urea groups is 1. The van der Waals surface area contributed by atoms with Crippen LogP contribution in [0.3, 0.4) is 0 Å². The largest absolute Gasteiger partial charge is 0.478 e. The van der Waals surface area contributed by atoms with Crippen LogP contribution in [0.5, 0.6) is 0 Å². The summed E-state index contributed by atoms with van der Waals surface area (Å²) in [6.45, 7) is -0.132. The summed E-state index contributed by atoms with van der Waals surface area (Å²) in [5.74, 6) is -1.36. The van der Waals surface area contributed by atoms with E-state index in [1.54, 1.807) is 0 Å². The van der Waals surface area contributed by atoms with Gasteiger partial charge in [0.25, 0.3) is 0 Å². The Bertz CT molecular complexity index is 587. The minimum Gasteiger partial charge on any atom is -0.478 e. The highest BCUT2D eigenvalue weighted by molar-refractivity contribution is 6.34. The number of rotatable bonds is 5. The first-order chi connectivity index (χ1) is 9.95. The van der Waals surface area contributed by atoms with Gasteiger partial charge in [0, 0.05) is 6.04 Å². The van der Waals surface area contributed by atoms with Gasteiger partial charge in [-0.15, -0.1) is 0 Å². The molecule has 1 saturated carbocycles. The van der Waals surface area contributed by atoms with E-state index < -0.39 is 12.0 Å². The van der Waals surface area contributed by atoms with Crippen LogP contribution in [0.2, 0.25) is 5.02 Å². The van der Waals surface area contributed by atoms with Gasteiger partial charge in [0.05, 0.1) is 22.8 Å². The van der Waals surface area contributed by atoms with Gasteiger partial charge in [-0.1, -0.05) is 11.6 Å². The zero-order valence-corrected chi connectivity index (χ0v) is 11.7. The number of hydrogen-bond donors (Lipinski definition) is 4. The monoisotopic (exact) mass is 311 g/mol. The lowest BCUT2D eigenvalue weighted by atomic mass is 10.2. The molecule has 0 radical (unpaired) electrons. The molecule has 8 heteroatoms. The Morgan fingerprint density at radius 1 is 1.29 bits per heavy atom. The Kier molecular flexibility index (Phi) is 4.64. The predicted octanol–water partition coefficient (Wildman–Crippen LogP) is 1.44. The third kappa shape index (κ3) is 4.64. The first kappa shape index (κ1) is 15.1. The number of hydrogen-bond acceptors (Lipinski definition) is 3. The number of aromatic carboxylic acids is 1. The van der Waals surface area contributed by atoms with E-state index in [1.807, 2.05) is 0 Å². The maximum Gasteiger partial charge on any atom is 0.335 e. The lowest BCUT2D eigenvalue weighted by Gasteiger charge is -2.09. The topological polar surface area (TPSA) is 108 Å². The van der Waals surface area contributed by atoms with Crippen molar-refractivity contribution >= 4 is 35.2 Å². The van der Waals surface area contributed by atoms with Gasteiger partial charge in [0.15, 0.2) is 0 Å². The second-order valence-electron chi connectivity index (χ2n) is 4.65. The summed E-state index contributed by atoms with van der Waals surface area (Å²) in [6.07, 6.45) is 1.95. The lowest BCUT2D eigenvalue weighted by Crippen LogP contribution is -2.39. The van der Waals surface area contributed by atoms with Gasteiger partial charge >= 0.3 is 12.0 Å². The van der Waals surface area contributed by atoms with Crippen LogP contribution >= 0.6 is 11.6 Å². The third-order valence-electron chi connectivity index (χ3n) is 2.82. The third-order valence-corrected chi connectivity index (χ3v) is 3.13. The van der Waals surface area contributed by atoms with E-state index >= 15 is 0 Å². The number of carbonyl (C=O) groups is 3. The Labute approximate surface area is 125 Å². The Hall–Kier alpha value is -2.28. The molecule has 1 aromatic rings. The van der Waals surface area contributed by atoms with Crippen LogP contribution in [0.25, 0.3) is 0 Å². The predicted molar refractivity (Wildman–Crippen MR) is 76.6 cm³/mol. The molecule has 0 bridgehead atoms. The molecule has 2 rings (SSSR count). The van der Waals surface area contributed by atoms with E-state index in [0.29, 0.717) is 0 Å². The number of halogens is 1. The number of carboxylic acids is 1. The SMILES string of the molecule is O=C(CNC(=O)Nc1ccc(C(=O)O)cc1Cl)NC1CC1. The molecule has 1 fully saturated rings. The van der Waals surface area contributed by atoms with E-state index in [4.69, 9.17) is 16.7 Å². The van der Waals surface area contributed by atoms with Crippen LogP contribution in [0.15, 0.2) is 18.2 Å². The van der Waals surface area contributed by atoms with Gasteiger partial charge in [-0.25, -0.2) is 9.59 Å². The zero-order valence-electron chi connectivity index (χ0n) is 11.0. The highest BCUT2D eigenvalue weighted by Gasteiger charge is 2.23. The summed E-state index contributed by atoms with van der Waals surface area (Å²) in [4.78, 5) is 33.8. The number of benzene rings is 1. The number of nitrogens with one attached hydrogen (secondary N) is 3. The highest BCUT2D eigenvalue weighted by atomic mass is 35.5. The molecule has 0 spiro atoms. The second kappa shape index (κ2) is 6.45. The van der Waals surface area contributed by atoms with E-state index in [0.717, 1.165) is 12.8 Å². The minimum atomic E-state index is -1.11. The zero-order chi connectivity index (χ0) is 15.4. The van der Waals surface area contributed by atoms with Crippen LogP contribution in [-0.4, -0.2) is 35.6 Å². The summed E-state index contributed by atoms with van der Waals surface area (Å²) >= 11 is 5.87. The van der Waals surface area contributed by atoms with Crippen molar-refractivity contribution in [2.24, 2.45) is 0 Å². The van der Waals surface area contributed by atoms with Crippen molar-refractivity contribution in [3.63, 3.8) is 0 Å². The molecule has 0 unspecified atom stereocenters. The van der Waals surface area contributed by atoms with Gasteiger partial charge < -0.3 is 21.1 Å². The van der Waals surface area contributed by atoms with Gasteiger partial charge in [-0.3, -0.25) is 4.79 Å².